The van der Waals surface area contributed by atoms with Crippen LogP contribution in [-0.4, -0.2) is 41.4 Å². The SMILES string of the molecule is CNc1nnc(SCC(=O)NNC(=O)COc2ccc(Cl)cc2)s1. The molecule has 3 N–H and O–H groups in total. The van der Waals surface area contributed by atoms with Crippen molar-refractivity contribution in [2.24, 2.45) is 0 Å². The molecule has 2 rings (SSSR count). The van der Waals surface area contributed by atoms with Crippen molar-refractivity contribution in [3.05, 3.63) is 29.3 Å². The lowest BCUT2D eigenvalue weighted by atomic mass is 10.3. The summed E-state index contributed by atoms with van der Waals surface area (Å²) in [5.74, 6) is -0.220. The summed E-state index contributed by atoms with van der Waals surface area (Å²) in [6.07, 6.45) is 0. The number of rotatable bonds is 7. The fourth-order valence-electron chi connectivity index (χ4n) is 1.39. The Hall–Kier alpha value is -2.04. The van der Waals surface area contributed by atoms with Crippen molar-refractivity contribution in [2.75, 3.05) is 24.7 Å². The van der Waals surface area contributed by atoms with Gasteiger partial charge in [-0.3, -0.25) is 20.4 Å². The lowest BCUT2D eigenvalue weighted by molar-refractivity contribution is -0.128. The molecule has 0 fully saturated rings. The third-order valence-electron chi connectivity index (χ3n) is 2.47. The van der Waals surface area contributed by atoms with Crippen LogP contribution < -0.4 is 20.9 Å². The Kier molecular flexibility index (Phi) is 7.09. The Morgan fingerprint density at radius 2 is 1.92 bits per heavy atom. The first-order chi connectivity index (χ1) is 11.6. The van der Waals surface area contributed by atoms with Gasteiger partial charge in [-0.1, -0.05) is 34.7 Å². The number of amides is 2. The van der Waals surface area contributed by atoms with Gasteiger partial charge in [-0.25, -0.2) is 0 Å². The van der Waals surface area contributed by atoms with Crippen LogP contribution in [0.2, 0.25) is 5.02 Å². The summed E-state index contributed by atoms with van der Waals surface area (Å²) < 4.78 is 5.91. The Balaban J connectivity index is 1.63. The number of thioether (sulfide) groups is 1. The normalized spacial score (nSPS) is 10.1. The number of benzene rings is 1. The van der Waals surface area contributed by atoms with Gasteiger partial charge in [0.25, 0.3) is 5.91 Å². The van der Waals surface area contributed by atoms with Crippen LogP contribution in [0.5, 0.6) is 5.75 Å². The standard InChI is InChI=1S/C13H14ClN5O3S2/c1-15-12-18-19-13(24-12)23-7-11(21)17-16-10(20)6-22-9-4-2-8(14)3-5-9/h2-5H,6-7H2,1H3,(H,15,18)(H,16,20)(H,17,21). The number of nitrogens with one attached hydrogen (secondary N) is 3. The molecule has 128 valence electrons. The van der Waals surface area contributed by atoms with Crippen LogP contribution in [0.25, 0.3) is 0 Å². The summed E-state index contributed by atoms with van der Waals surface area (Å²) in [6.45, 7) is -0.225. The summed E-state index contributed by atoms with van der Waals surface area (Å²) in [4.78, 5) is 23.2. The summed E-state index contributed by atoms with van der Waals surface area (Å²) in [5.41, 5.74) is 4.57. The van der Waals surface area contributed by atoms with Crippen LogP contribution in [0.15, 0.2) is 28.6 Å². The lowest BCUT2D eigenvalue weighted by Gasteiger charge is -2.08. The molecule has 0 saturated heterocycles. The summed E-state index contributed by atoms with van der Waals surface area (Å²) in [5, 5.41) is 11.9. The number of carbonyl (C=O) groups excluding carboxylic acids is 2. The van der Waals surface area contributed by atoms with Crippen LogP contribution in [-0.2, 0) is 9.59 Å². The van der Waals surface area contributed by atoms with E-state index in [2.05, 4.69) is 26.4 Å². The molecule has 0 aliphatic carbocycles. The van der Waals surface area contributed by atoms with E-state index in [4.69, 9.17) is 16.3 Å². The Labute approximate surface area is 151 Å². The molecule has 0 bridgehead atoms. The molecule has 2 aromatic rings. The number of hydrazine groups is 1. The fraction of sp³-hybridized carbons (Fsp3) is 0.231. The average molecular weight is 388 g/mol. The van der Waals surface area contributed by atoms with Gasteiger partial charge in [-0.05, 0) is 24.3 Å². The first-order valence-electron chi connectivity index (χ1n) is 6.67. The maximum absolute atomic E-state index is 11.6. The van der Waals surface area contributed by atoms with E-state index in [1.54, 1.807) is 31.3 Å². The fourth-order valence-corrected chi connectivity index (χ4v) is 3.02. The first-order valence-corrected chi connectivity index (χ1v) is 8.85. The number of aromatic nitrogens is 2. The molecule has 0 aliphatic rings. The van der Waals surface area contributed by atoms with Gasteiger partial charge in [-0.15, -0.1) is 10.2 Å². The first kappa shape index (κ1) is 18.3. The Bertz CT molecular complexity index is 695. The molecule has 0 unspecified atom stereocenters. The van der Waals surface area contributed by atoms with Gasteiger partial charge in [0.05, 0.1) is 5.75 Å². The Morgan fingerprint density at radius 1 is 1.21 bits per heavy atom. The molecule has 0 spiro atoms. The van der Waals surface area contributed by atoms with E-state index in [1.807, 2.05) is 0 Å². The minimum Gasteiger partial charge on any atom is -0.484 e. The molecule has 0 aliphatic heterocycles. The highest BCUT2D eigenvalue weighted by atomic mass is 35.5. The zero-order chi connectivity index (χ0) is 17.4. The number of ether oxygens (including phenoxy) is 1. The Morgan fingerprint density at radius 3 is 2.58 bits per heavy atom. The van der Waals surface area contributed by atoms with Crippen molar-refractivity contribution in [1.82, 2.24) is 21.0 Å². The van der Waals surface area contributed by atoms with Crippen LogP contribution in [0, 0.1) is 0 Å². The van der Waals surface area contributed by atoms with E-state index in [-0.39, 0.29) is 18.3 Å². The van der Waals surface area contributed by atoms with Gasteiger partial charge in [0.2, 0.25) is 11.0 Å². The van der Waals surface area contributed by atoms with Crippen molar-refractivity contribution in [3.8, 4) is 5.75 Å². The summed E-state index contributed by atoms with van der Waals surface area (Å²) in [7, 11) is 1.74. The highest BCUT2D eigenvalue weighted by Crippen LogP contribution is 2.24. The van der Waals surface area contributed by atoms with Gasteiger partial charge in [0, 0.05) is 12.1 Å². The van der Waals surface area contributed by atoms with Crippen molar-refractivity contribution in [3.63, 3.8) is 0 Å². The second-order valence-corrected chi connectivity index (χ2v) is 6.89. The smallest absolute Gasteiger partial charge is 0.276 e. The van der Waals surface area contributed by atoms with Crippen LogP contribution >= 0.6 is 34.7 Å². The summed E-state index contributed by atoms with van der Waals surface area (Å²) >= 11 is 8.31. The molecule has 0 saturated carbocycles. The van der Waals surface area contributed by atoms with Gasteiger partial charge < -0.3 is 10.1 Å². The van der Waals surface area contributed by atoms with Gasteiger partial charge in [-0.2, -0.15) is 0 Å². The molecule has 11 heteroatoms. The van der Waals surface area contributed by atoms with Crippen molar-refractivity contribution in [1.29, 1.82) is 0 Å². The van der Waals surface area contributed by atoms with Crippen molar-refractivity contribution in [2.45, 2.75) is 4.34 Å². The number of hydrogen-bond donors (Lipinski definition) is 3. The van der Waals surface area contributed by atoms with Crippen LogP contribution in [0.3, 0.4) is 0 Å². The molecule has 8 nitrogen and oxygen atoms in total. The molecule has 2 amide bonds. The topological polar surface area (TPSA) is 105 Å². The average Bonchev–Trinajstić information content (AvgIpc) is 3.05. The number of halogens is 1. The van der Waals surface area contributed by atoms with E-state index < -0.39 is 5.91 Å². The molecular weight excluding hydrogens is 374 g/mol. The monoisotopic (exact) mass is 387 g/mol. The van der Waals surface area contributed by atoms with Crippen molar-refractivity contribution >= 4 is 51.6 Å². The highest BCUT2D eigenvalue weighted by molar-refractivity contribution is 8.01. The van der Waals surface area contributed by atoms with Gasteiger partial charge >= 0.3 is 0 Å². The molecule has 1 aromatic carbocycles. The maximum atomic E-state index is 11.6. The molecule has 1 aromatic heterocycles. The van der Waals surface area contributed by atoms with E-state index >= 15 is 0 Å². The molecule has 0 radical (unpaired) electrons. The maximum Gasteiger partial charge on any atom is 0.276 e. The van der Waals surface area contributed by atoms with Crippen molar-refractivity contribution < 1.29 is 14.3 Å². The number of hydrogen-bond acceptors (Lipinski definition) is 8. The predicted octanol–water partition coefficient (Wildman–Crippen LogP) is 1.55. The molecule has 0 atom stereocenters. The summed E-state index contributed by atoms with van der Waals surface area (Å²) in [6, 6.07) is 6.60. The molecule has 1 heterocycles. The van der Waals surface area contributed by atoms with E-state index in [0.29, 0.717) is 20.2 Å². The quantitative estimate of drug-likeness (QED) is 0.489. The third-order valence-corrected chi connectivity index (χ3v) is 4.80. The van der Waals surface area contributed by atoms with Crippen LogP contribution in [0.4, 0.5) is 5.13 Å². The predicted molar refractivity (Wildman–Crippen MR) is 93.4 cm³/mol. The van der Waals surface area contributed by atoms with Crippen LogP contribution in [0.1, 0.15) is 0 Å². The highest BCUT2D eigenvalue weighted by Gasteiger charge is 2.09. The van der Waals surface area contributed by atoms with E-state index in [9.17, 15) is 9.59 Å². The van der Waals surface area contributed by atoms with E-state index in [1.165, 1.54) is 23.1 Å². The molecule has 24 heavy (non-hydrogen) atoms. The number of carbonyl (C=O) groups is 2. The zero-order valence-corrected chi connectivity index (χ0v) is 14.9. The number of nitrogens with zero attached hydrogens (tertiary/aromatic N) is 2. The van der Waals surface area contributed by atoms with Gasteiger partial charge in [0.1, 0.15) is 5.75 Å². The molecular formula is C13H14ClN5O3S2. The zero-order valence-electron chi connectivity index (χ0n) is 12.5. The third kappa shape index (κ3) is 6.22. The van der Waals surface area contributed by atoms with Gasteiger partial charge in [0.15, 0.2) is 10.9 Å². The lowest BCUT2D eigenvalue weighted by Crippen LogP contribution is -2.44. The largest absolute Gasteiger partial charge is 0.484 e. The number of anilines is 1. The minimum absolute atomic E-state index is 0.108. The second-order valence-electron chi connectivity index (χ2n) is 4.25. The second kappa shape index (κ2) is 9.30. The van der Waals surface area contributed by atoms with E-state index in [0.717, 1.165) is 0 Å². The minimum atomic E-state index is -0.475.